The van der Waals surface area contributed by atoms with Crippen molar-refractivity contribution in [2.75, 3.05) is 11.9 Å². The van der Waals surface area contributed by atoms with E-state index in [0.717, 1.165) is 0 Å². The molecule has 0 unspecified atom stereocenters. The fraction of sp³-hybridized carbons (Fsp3) is 0.667. The van der Waals surface area contributed by atoms with Gasteiger partial charge in [-0.1, -0.05) is 15.9 Å². The molecule has 0 aliphatic rings. The summed E-state index contributed by atoms with van der Waals surface area (Å²) in [5.41, 5.74) is 0. The van der Waals surface area contributed by atoms with Crippen molar-refractivity contribution in [1.29, 1.82) is 0 Å². The third kappa shape index (κ3) is 5.75. The number of ether oxygens (including phenoxy) is 1. The molecule has 0 saturated heterocycles. The monoisotopic (exact) mass is 167 g/mol. The molecule has 0 bridgehead atoms. The number of hydrogen-bond donors (Lipinski definition) is 0. The highest BCUT2D eigenvalue weighted by Crippen LogP contribution is 1.81. The molecule has 0 heterocycles. The smallest absolute Gasteiger partial charge is 0.431 e. The zero-order valence-electron chi connectivity index (χ0n) is 3.52. The highest BCUT2D eigenvalue weighted by atomic mass is 79.9. The highest BCUT2D eigenvalue weighted by molar-refractivity contribution is 9.09. The Labute approximate surface area is 49.4 Å². The first kappa shape index (κ1) is 6.75. The van der Waals surface area contributed by atoms with Crippen molar-refractivity contribution in [2.24, 2.45) is 0 Å². The third-order valence-corrected chi connectivity index (χ3v) is 0.621. The van der Waals surface area contributed by atoms with Crippen molar-refractivity contribution >= 4 is 22.1 Å². The molecule has 0 aromatic heterocycles. The summed E-state index contributed by atoms with van der Waals surface area (Å²) < 4.78 is 3.95. The summed E-state index contributed by atoms with van der Waals surface area (Å²) in [5.74, 6) is 0. The van der Waals surface area contributed by atoms with E-state index in [4.69, 9.17) is 0 Å². The Kier molecular flexibility index (Phi) is 3.78. The summed E-state index contributed by atoms with van der Waals surface area (Å²) >= 11 is 2.96. The van der Waals surface area contributed by atoms with Crippen molar-refractivity contribution in [2.45, 2.75) is 0 Å². The van der Waals surface area contributed by atoms with Crippen LogP contribution in [0.5, 0.6) is 0 Å². The highest BCUT2D eigenvalue weighted by Gasteiger charge is 1.94. The molecule has 1 radical (unpaired) electrons. The van der Waals surface area contributed by atoms with Crippen LogP contribution in [0.4, 0.5) is 4.79 Å². The van der Waals surface area contributed by atoms with E-state index in [1.165, 1.54) is 0 Å². The number of carbonyl (C=O) groups is 1. The first-order chi connectivity index (χ1) is 3.27. The van der Waals surface area contributed by atoms with Gasteiger partial charge in [-0.3, -0.25) is 0 Å². The molecule has 0 fully saturated rings. The minimum absolute atomic E-state index is 0.155. The average molecular weight is 168 g/mol. The molecule has 0 spiro atoms. The minimum atomic E-state index is -1.47. The van der Waals surface area contributed by atoms with Crippen LogP contribution in [-0.2, 0) is 9.84 Å². The molecule has 0 atom stereocenters. The van der Waals surface area contributed by atoms with Gasteiger partial charge in [0.1, 0.15) is 6.61 Å². The quantitative estimate of drug-likeness (QED) is 0.455. The predicted molar refractivity (Wildman–Crippen MR) is 25.8 cm³/mol. The number of rotatable bonds is 2. The predicted octanol–water partition coefficient (Wildman–Crippen LogP) is 0.948. The first-order valence-corrected chi connectivity index (χ1v) is 2.79. The molecular weight excluding hydrogens is 164 g/mol. The van der Waals surface area contributed by atoms with E-state index >= 15 is 0 Å². The minimum Gasteiger partial charge on any atom is -0.431 e. The van der Waals surface area contributed by atoms with E-state index in [1.807, 2.05) is 0 Å². The number of carbonyl (C=O) groups excluding carboxylic acids is 1. The van der Waals surface area contributed by atoms with Gasteiger partial charge in [-0.25, -0.2) is 0 Å². The van der Waals surface area contributed by atoms with Gasteiger partial charge in [-0.05, 0) is 0 Å². The van der Waals surface area contributed by atoms with Gasteiger partial charge in [-0.15, -0.1) is 0 Å². The van der Waals surface area contributed by atoms with E-state index in [-0.39, 0.29) is 6.61 Å². The van der Waals surface area contributed by atoms with E-state index in [2.05, 4.69) is 20.7 Å². The lowest BCUT2D eigenvalue weighted by molar-refractivity contribution is 0.0732. The Morgan fingerprint density at radius 2 is 2.29 bits per heavy atom. The maximum Gasteiger partial charge on any atom is 0.550 e. The Morgan fingerprint density at radius 3 is 2.43 bits per heavy atom. The van der Waals surface area contributed by atoms with Gasteiger partial charge < -0.3 is 4.74 Å². The first-order valence-electron chi connectivity index (χ1n) is 1.67. The van der Waals surface area contributed by atoms with Crippen LogP contribution in [0.2, 0.25) is 0 Å². The zero-order chi connectivity index (χ0) is 5.70. The number of alkyl halides is 1. The molecule has 0 aliphatic carbocycles. The normalized spacial score (nSPS) is 8.14. The van der Waals surface area contributed by atoms with Gasteiger partial charge in [0.05, 0.1) is 0 Å². The molecular formula is C3H4BrO3. The second-order valence-corrected chi connectivity index (χ2v) is 1.58. The van der Waals surface area contributed by atoms with Crippen molar-refractivity contribution < 1.29 is 14.6 Å². The standard InChI is InChI=1S/C3H4BrO3/c4-1-2-7-3(5)6/h1-2H2. The molecule has 0 aliphatic heterocycles. The van der Waals surface area contributed by atoms with Gasteiger partial charge >= 0.3 is 6.16 Å². The second-order valence-electron chi connectivity index (χ2n) is 0.787. The van der Waals surface area contributed by atoms with Gasteiger partial charge in [0, 0.05) is 5.33 Å². The van der Waals surface area contributed by atoms with Crippen molar-refractivity contribution in [1.82, 2.24) is 0 Å². The van der Waals surface area contributed by atoms with Crippen LogP contribution in [0.1, 0.15) is 0 Å². The fourth-order valence-corrected chi connectivity index (χ4v) is 0.284. The van der Waals surface area contributed by atoms with E-state index < -0.39 is 6.16 Å². The Balaban J connectivity index is 2.82. The molecule has 4 heteroatoms. The van der Waals surface area contributed by atoms with Crippen molar-refractivity contribution in [3.63, 3.8) is 0 Å². The summed E-state index contributed by atoms with van der Waals surface area (Å²) in [7, 11) is 0. The van der Waals surface area contributed by atoms with Crippen LogP contribution in [0.25, 0.3) is 0 Å². The topological polar surface area (TPSA) is 46.2 Å². The molecule has 0 N–H and O–H groups in total. The lowest BCUT2D eigenvalue weighted by atomic mass is 10.9. The Hall–Kier alpha value is -0.250. The summed E-state index contributed by atoms with van der Waals surface area (Å²) in [5, 5.41) is 9.92. The molecule has 3 nitrogen and oxygen atoms in total. The number of hydrogen-bond acceptors (Lipinski definition) is 2. The van der Waals surface area contributed by atoms with Gasteiger partial charge in [0.25, 0.3) is 0 Å². The maximum absolute atomic E-state index is 9.40. The van der Waals surface area contributed by atoms with Gasteiger partial charge in [-0.2, -0.15) is 9.90 Å². The van der Waals surface area contributed by atoms with Gasteiger partial charge in [0.2, 0.25) is 0 Å². The second kappa shape index (κ2) is 3.92. The molecule has 0 rings (SSSR count). The zero-order valence-corrected chi connectivity index (χ0v) is 5.10. The van der Waals surface area contributed by atoms with Crippen molar-refractivity contribution in [3.8, 4) is 0 Å². The summed E-state index contributed by atoms with van der Waals surface area (Å²) in [4.78, 5) is 9.40. The summed E-state index contributed by atoms with van der Waals surface area (Å²) in [6.45, 7) is 0.155. The van der Waals surface area contributed by atoms with Crippen LogP contribution in [-0.4, -0.2) is 18.1 Å². The molecule has 41 valence electrons. The maximum atomic E-state index is 9.40. The Morgan fingerprint density at radius 1 is 1.71 bits per heavy atom. The SMILES string of the molecule is [O]C(=O)OCCBr. The third-order valence-electron chi connectivity index (χ3n) is 0.297. The molecule has 0 aromatic rings. The fourth-order valence-electron chi connectivity index (χ4n) is 0.122. The summed E-state index contributed by atoms with van der Waals surface area (Å²) in [6.07, 6.45) is -1.47. The van der Waals surface area contributed by atoms with Crippen LogP contribution < -0.4 is 0 Å². The summed E-state index contributed by atoms with van der Waals surface area (Å²) in [6, 6.07) is 0. The molecule has 7 heavy (non-hydrogen) atoms. The molecule has 0 saturated carbocycles. The molecule has 0 aromatic carbocycles. The Bertz CT molecular complexity index is 63.2. The van der Waals surface area contributed by atoms with E-state index in [0.29, 0.717) is 5.33 Å². The van der Waals surface area contributed by atoms with E-state index in [9.17, 15) is 9.90 Å². The molecule has 0 amide bonds. The number of halogens is 1. The van der Waals surface area contributed by atoms with Crippen LogP contribution in [0, 0.1) is 0 Å². The van der Waals surface area contributed by atoms with Crippen molar-refractivity contribution in [3.05, 3.63) is 0 Å². The van der Waals surface area contributed by atoms with Crippen LogP contribution >= 0.6 is 15.9 Å². The average Bonchev–Trinajstić information content (AvgIpc) is 1.61. The van der Waals surface area contributed by atoms with Crippen LogP contribution in [0.3, 0.4) is 0 Å². The largest absolute Gasteiger partial charge is 0.550 e. The van der Waals surface area contributed by atoms with E-state index in [1.54, 1.807) is 0 Å². The van der Waals surface area contributed by atoms with Crippen LogP contribution in [0.15, 0.2) is 0 Å². The lowest BCUT2D eigenvalue weighted by Crippen LogP contribution is -2.00. The van der Waals surface area contributed by atoms with Gasteiger partial charge in [0.15, 0.2) is 0 Å². The lowest BCUT2D eigenvalue weighted by Gasteiger charge is -1.88.